The van der Waals surface area contributed by atoms with Crippen LogP contribution in [0.2, 0.25) is 0 Å². The summed E-state index contributed by atoms with van der Waals surface area (Å²) in [5.74, 6) is 0.146. The molecule has 0 aromatic heterocycles. The fourth-order valence-electron chi connectivity index (χ4n) is 4.39. The van der Waals surface area contributed by atoms with Crippen molar-refractivity contribution in [1.29, 1.82) is 0 Å². The first-order chi connectivity index (χ1) is 13.1. The van der Waals surface area contributed by atoms with E-state index in [2.05, 4.69) is 17.0 Å². The molecule has 1 heterocycles. The van der Waals surface area contributed by atoms with E-state index < -0.39 is 15.6 Å². The molecule has 1 saturated carbocycles. The maximum atomic E-state index is 12.7. The van der Waals surface area contributed by atoms with Crippen molar-refractivity contribution in [2.75, 3.05) is 25.9 Å². The lowest BCUT2D eigenvalue weighted by Crippen LogP contribution is -2.47. The lowest BCUT2D eigenvalue weighted by atomic mass is 9.97. The Labute approximate surface area is 170 Å². The van der Waals surface area contributed by atoms with Gasteiger partial charge in [0.1, 0.15) is 0 Å². The molecule has 0 aromatic rings. The summed E-state index contributed by atoms with van der Waals surface area (Å²) < 4.78 is 25.3. The van der Waals surface area contributed by atoms with Gasteiger partial charge in [-0.1, -0.05) is 19.8 Å². The Morgan fingerprint density at radius 2 is 1.79 bits per heavy atom. The van der Waals surface area contributed by atoms with Crippen molar-refractivity contribution in [1.82, 2.24) is 14.9 Å². The summed E-state index contributed by atoms with van der Waals surface area (Å²) in [5.41, 5.74) is -0.464. The molecule has 2 aliphatic rings. The van der Waals surface area contributed by atoms with Gasteiger partial charge in [0, 0.05) is 31.1 Å². The van der Waals surface area contributed by atoms with Crippen LogP contribution in [-0.2, 0) is 14.8 Å². The second kappa shape index (κ2) is 10.4. The van der Waals surface area contributed by atoms with E-state index >= 15 is 0 Å². The predicted molar refractivity (Wildman–Crippen MR) is 111 cm³/mol. The quantitative estimate of drug-likeness (QED) is 0.502. The van der Waals surface area contributed by atoms with Gasteiger partial charge in [0.25, 0.3) is 0 Å². The highest BCUT2D eigenvalue weighted by Gasteiger charge is 2.30. The fourth-order valence-corrected chi connectivity index (χ4v) is 5.23. The van der Waals surface area contributed by atoms with Gasteiger partial charge in [-0.3, -0.25) is 4.79 Å². The normalized spacial score (nSPS) is 22.9. The first-order valence-corrected chi connectivity index (χ1v) is 12.7. The third-order valence-corrected chi connectivity index (χ3v) is 7.02. The zero-order valence-electron chi connectivity index (χ0n) is 17.7. The number of piperidine rings is 1. The Morgan fingerprint density at radius 3 is 2.36 bits per heavy atom. The Bertz CT molecular complexity index is 597. The molecule has 2 rings (SSSR count). The molecule has 8 heteroatoms. The Morgan fingerprint density at radius 1 is 1.18 bits per heavy atom. The van der Waals surface area contributed by atoms with Gasteiger partial charge in [-0.25, -0.2) is 13.1 Å². The standard InChI is InChI=1S/C20H39N3O4S/c1-16(6-7-17(2)21-13-12-20(25)10-4-5-11-20)19(24)23-14-8-18(9-15-23)22-28(3,26)27/h16-18,21-22,25H,4-15H2,1-3H3. The summed E-state index contributed by atoms with van der Waals surface area (Å²) in [6, 6.07) is 0.262. The summed E-state index contributed by atoms with van der Waals surface area (Å²) in [5, 5.41) is 13.9. The lowest BCUT2D eigenvalue weighted by molar-refractivity contribution is -0.136. The van der Waals surface area contributed by atoms with E-state index in [0.29, 0.717) is 32.0 Å². The average molecular weight is 418 g/mol. The van der Waals surface area contributed by atoms with E-state index in [4.69, 9.17) is 0 Å². The van der Waals surface area contributed by atoms with Crippen LogP contribution < -0.4 is 10.0 Å². The first-order valence-electron chi connectivity index (χ1n) is 10.8. The molecule has 1 aliphatic carbocycles. The van der Waals surface area contributed by atoms with Crippen LogP contribution in [-0.4, -0.2) is 67.9 Å². The number of rotatable bonds is 10. The van der Waals surface area contributed by atoms with Gasteiger partial charge in [-0.05, 0) is 58.4 Å². The number of likely N-dealkylation sites (tertiary alicyclic amines) is 1. The average Bonchev–Trinajstić information content (AvgIpc) is 3.05. The number of amides is 1. The highest BCUT2D eigenvalue weighted by Crippen LogP contribution is 2.31. The second-order valence-electron chi connectivity index (χ2n) is 9.00. The minimum Gasteiger partial charge on any atom is -0.390 e. The fraction of sp³-hybridized carbons (Fsp3) is 0.950. The van der Waals surface area contributed by atoms with E-state index in [1.165, 1.54) is 6.26 Å². The molecule has 0 spiro atoms. The zero-order chi connectivity index (χ0) is 20.8. The highest BCUT2D eigenvalue weighted by molar-refractivity contribution is 7.88. The first kappa shape index (κ1) is 23.6. The molecule has 0 radical (unpaired) electrons. The minimum absolute atomic E-state index is 0.0253. The van der Waals surface area contributed by atoms with Crippen molar-refractivity contribution in [3.05, 3.63) is 0 Å². The number of hydrogen-bond donors (Lipinski definition) is 3. The molecule has 0 aromatic carbocycles. The molecule has 2 fully saturated rings. The van der Waals surface area contributed by atoms with Gasteiger partial charge < -0.3 is 15.3 Å². The number of nitrogens with zero attached hydrogens (tertiary/aromatic N) is 1. The maximum Gasteiger partial charge on any atom is 0.225 e. The SMILES string of the molecule is CC(CCC(C)C(=O)N1CCC(NS(C)(=O)=O)CC1)NCCC1(O)CCCC1. The summed E-state index contributed by atoms with van der Waals surface area (Å²) >= 11 is 0. The number of aliphatic hydroxyl groups is 1. The molecule has 7 nitrogen and oxygen atoms in total. The van der Waals surface area contributed by atoms with Crippen molar-refractivity contribution < 1.29 is 18.3 Å². The summed E-state index contributed by atoms with van der Waals surface area (Å²) in [6.07, 6.45) is 9.20. The van der Waals surface area contributed by atoms with Crippen LogP contribution in [0.25, 0.3) is 0 Å². The Kier molecular flexibility index (Phi) is 8.73. The monoisotopic (exact) mass is 417 g/mol. The number of hydrogen-bond acceptors (Lipinski definition) is 5. The molecule has 2 unspecified atom stereocenters. The topological polar surface area (TPSA) is 98.7 Å². The van der Waals surface area contributed by atoms with Gasteiger partial charge in [0.05, 0.1) is 11.9 Å². The highest BCUT2D eigenvalue weighted by atomic mass is 32.2. The van der Waals surface area contributed by atoms with Gasteiger partial charge in [-0.15, -0.1) is 0 Å². The minimum atomic E-state index is -3.19. The lowest BCUT2D eigenvalue weighted by Gasteiger charge is -2.33. The molecule has 164 valence electrons. The number of carbonyl (C=O) groups excluding carboxylic acids is 1. The largest absolute Gasteiger partial charge is 0.390 e. The van der Waals surface area contributed by atoms with Gasteiger partial charge in [0.2, 0.25) is 15.9 Å². The van der Waals surface area contributed by atoms with Crippen LogP contribution in [0.4, 0.5) is 0 Å². The van der Waals surface area contributed by atoms with E-state index in [-0.39, 0.29) is 17.9 Å². The number of sulfonamides is 1. The molecule has 28 heavy (non-hydrogen) atoms. The predicted octanol–water partition coefficient (Wildman–Crippen LogP) is 1.62. The molecule has 0 bridgehead atoms. The van der Waals surface area contributed by atoms with E-state index in [9.17, 15) is 18.3 Å². The zero-order valence-corrected chi connectivity index (χ0v) is 18.6. The van der Waals surface area contributed by atoms with Crippen LogP contribution >= 0.6 is 0 Å². The number of nitrogens with one attached hydrogen (secondary N) is 2. The van der Waals surface area contributed by atoms with Crippen molar-refractivity contribution in [3.8, 4) is 0 Å². The molecule has 1 aliphatic heterocycles. The van der Waals surface area contributed by atoms with E-state index in [1.807, 2.05) is 11.8 Å². The molecule has 2 atom stereocenters. The maximum absolute atomic E-state index is 12.7. The van der Waals surface area contributed by atoms with Crippen molar-refractivity contribution in [3.63, 3.8) is 0 Å². The third-order valence-electron chi connectivity index (χ3n) is 6.26. The Hall–Kier alpha value is -0.700. The van der Waals surface area contributed by atoms with Crippen LogP contribution in [0.15, 0.2) is 0 Å². The number of carbonyl (C=O) groups is 1. The molecule has 3 N–H and O–H groups in total. The molecule has 1 saturated heterocycles. The van der Waals surface area contributed by atoms with Crippen LogP contribution in [0.3, 0.4) is 0 Å². The molecule has 1 amide bonds. The van der Waals surface area contributed by atoms with Gasteiger partial charge >= 0.3 is 0 Å². The molecular formula is C20H39N3O4S. The van der Waals surface area contributed by atoms with E-state index in [0.717, 1.165) is 51.5 Å². The Balaban J connectivity index is 1.62. The summed E-state index contributed by atoms with van der Waals surface area (Å²) in [7, 11) is -3.19. The summed E-state index contributed by atoms with van der Waals surface area (Å²) in [6.45, 7) is 6.17. The van der Waals surface area contributed by atoms with Gasteiger partial charge in [0.15, 0.2) is 0 Å². The third kappa shape index (κ3) is 7.97. The van der Waals surface area contributed by atoms with E-state index in [1.54, 1.807) is 0 Å². The van der Waals surface area contributed by atoms with Crippen LogP contribution in [0.5, 0.6) is 0 Å². The van der Waals surface area contributed by atoms with Crippen molar-refractivity contribution in [2.24, 2.45) is 5.92 Å². The van der Waals surface area contributed by atoms with Crippen LogP contribution in [0, 0.1) is 5.92 Å². The molecular weight excluding hydrogens is 378 g/mol. The van der Waals surface area contributed by atoms with Gasteiger partial charge in [-0.2, -0.15) is 0 Å². The summed E-state index contributed by atoms with van der Waals surface area (Å²) in [4.78, 5) is 14.5. The van der Waals surface area contributed by atoms with Crippen LogP contribution in [0.1, 0.15) is 71.6 Å². The smallest absolute Gasteiger partial charge is 0.225 e. The van der Waals surface area contributed by atoms with Crippen molar-refractivity contribution in [2.45, 2.75) is 89.3 Å². The van der Waals surface area contributed by atoms with Crippen molar-refractivity contribution >= 4 is 15.9 Å². The second-order valence-corrected chi connectivity index (χ2v) is 10.8.